The van der Waals surface area contributed by atoms with Crippen LogP contribution in [0.5, 0.6) is 0 Å². The first kappa shape index (κ1) is 20.9. The predicted octanol–water partition coefficient (Wildman–Crippen LogP) is 4.07. The molecule has 138 valence electrons. The van der Waals surface area contributed by atoms with Crippen molar-refractivity contribution in [1.82, 2.24) is 0 Å². The average molecular weight is 338 g/mol. The van der Waals surface area contributed by atoms with Gasteiger partial charge >= 0.3 is 5.97 Å². The number of carboxylic acid groups (broad SMARTS) is 1. The summed E-state index contributed by atoms with van der Waals surface area (Å²) in [5, 5.41) is 28.8. The van der Waals surface area contributed by atoms with E-state index in [0.29, 0.717) is 12.3 Å². The van der Waals surface area contributed by atoms with Gasteiger partial charge in [0.05, 0.1) is 12.2 Å². The molecule has 0 spiro atoms. The molecule has 3 N–H and O–H groups in total. The average Bonchev–Trinajstić information content (AvgIpc) is 2.89. The van der Waals surface area contributed by atoms with Gasteiger partial charge in [-0.15, -0.1) is 0 Å². The Morgan fingerprint density at radius 3 is 2.71 bits per heavy atom. The van der Waals surface area contributed by atoms with E-state index in [2.05, 4.69) is 19.1 Å². The molecule has 0 aromatic heterocycles. The van der Waals surface area contributed by atoms with E-state index in [9.17, 15) is 15.0 Å². The highest BCUT2D eigenvalue weighted by Crippen LogP contribution is 2.36. The van der Waals surface area contributed by atoms with Crippen LogP contribution in [0.1, 0.15) is 71.1 Å². The zero-order valence-corrected chi connectivity index (χ0v) is 14.9. The first-order valence-corrected chi connectivity index (χ1v) is 9.45. The minimum atomic E-state index is -0.752. The number of hydrogen-bond donors (Lipinski definition) is 3. The summed E-state index contributed by atoms with van der Waals surface area (Å²) in [6.45, 7) is 2.15. The van der Waals surface area contributed by atoms with Gasteiger partial charge in [0.1, 0.15) is 0 Å². The van der Waals surface area contributed by atoms with Gasteiger partial charge in [0, 0.05) is 6.42 Å². The molecule has 0 aromatic carbocycles. The molecule has 4 atom stereocenters. The second-order valence-electron chi connectivity index (χ2n) is 6.91. The van der Waals surface area contributed by atoms with Crippen LogP contribution in [-0.2, 0) is 4.79 Å². The monoisotopic (exact) mass is 338 g/mol. The van der Waals surface area contributed by atoms with Crippen LogP contribution in [0.15, 0.2) is 24.3 Å². The molecule has 0 aromatic rings. The molecular weight excluding hydrogens is 304 g/mol. The van der Waals surface area contributed by atoms with E-state index >= 15 is 0 Å². The second-order valence-corrected chi connectivity index (χ2v) is 6.91. The van der Waals surface area contributed by atoms with E-state index in [1.807, 2.05) is 12.2 Å². The Morgan fingerprint density at radius 2 is 2.00 bits per heavy atom. The maximum atomic E-state index is 10.5. The van der Waals surface area contributed by atoms with Crippen molar-refractivity contribution in [3.63, 3.8) is 0 Å². The molecule has 1 rings (SSSR count). The predicted molar refractivity (Wildman–Crippen MR) is 96.8 cm³/mol. The highest BCUT2D eigenvalue weighted by atomic mass is 16.4. The van der Waals surface area contributed by atoms with Gasteiger partial charge in [-0.3, -0.25) is 4.79 Å². The Hall–Kier alpha value is -1.13. The van der Waals surface area contributed by atoms with Gasteiger partial charge in [-0.05, 0) is 50.4 Å². The minimum absolute atomic E-state index is 0.206. The Kier molecular flexibility index (Phi) is 10.7. The van der Waals surface area contributed by atoms with E-state index in [0.717, 1.165) is 51.4 Å². The first-order valence-electron chi connectivity index (χ1n) is 9.45. The van der Waals surface area contributed by atoms with Crippen molar-refractivity contribution in [1.29, 1.82) is 0 Å². The number of hydrogen-bond acceptors (Lipinski definition) is 3. The van der Waals surface area contributed by atoms with Gasteiger partial charge in [-0.1, -0.05) is 50.5 Å². The highest BCUT2D eigenvalue weighted by Gasteiger charge is 2.32. The summed E-state index contributed by atoms with van der Waals surface area (Å²) in [6.07, 6.45) is 15.9. The SMILES string of the molecule is CCCCCC(O)/C=C/C1CC[C@@H](O)C1C/C=C\CCCC(=O)O. The lowest BCUT2D eigenvalue weighted by atomic mass is 9.90. The maximum absolute atomic E-state index is 10.5. The summed E-state index contributed by atoms with van der Waals surface area (Å²) < 4.78 is 0. The molecule has 0 radical (unpaired) electrons. The number of rotatable bonds is 12. The summed E-state index contributed by atoms with van der Waals surface area (Å²) in [5.41, 5.74) is 0. The van der Waals surface area contributed by atoms with Crippen LogP contribution < -0.4 is 0 Å². The van der Waals surface area contributed by atoms with E-state index < -0.39 is 5.97 Å². The lowest BCUT2D eigenvalue weighted by Gasteiger charge is -2.18. The number of aliphatic hydroxyl groups excluding tert-OH is 2. The number of carboxylic acids is 1. The fourth-order valence-corrected chi connectivity index (χ4v) is 3.36. The van der Waals surface area contributed by atoms with Crippen molar-refractivity contribution in [2.45, 2.75) is 83.3 Å². The van der Waals surface area contributed by atoms with Gasteiger partial charge in [0.15, 0.2) is 0 Å². The Bertz CT molecular complexity index is 402. The summed E-state index contributed by atoms with van der Waals surface area (Å²) in [5.74, 6) is -0.221. The number of unbranched alkanes of at least 4 members (excludes halogenated alkanes) is 3. The number of aliphatic carboxylic acids is 1. The highest BCUT2D eigenvalue weighted by molar-refractivity contribution is 5.66. The molecule has 4 heteroatoms. The largest absolute Gasteiger partial charge is 0.481 e. The quantitative estimate of drug-likeness (QED) is 0.370. The molecule has 0 aliphatic heterocycles. The first-order chi connectivity index (χ1) is 11.5. The van der Waals surface area contributed by atoms with Gasteiger partial charge in [-0.25, -0.2) is 0 Å². The summed E-state index contributed by atoms with van der Waals surface area (Å²) in [4.78, 5) is 10.5. The van der Waals surface area contributed by atoms with Crippen LogP contribution in [-0.4, -0.2) is 33.5 Å². The molecule has 1 aliphatic rings. The molecule has 1 saturated carbocycles. The minimum Gasteiger partial charge on any atom is -0.481 e. The second kappa shape index (κ2) is 12.3. The van der Waals surface area contributed by atoms with E-state index in [1.54, 1.807) is 0 Å². The molecule has 1 aliphatic carbocycles. The maximum Gasteiger partial charge on any atom is 0.303 e. The topological polar surface area (TPSA) is 77.8 Å². The molecule has 3 unspecified atom stereocenters. The van der Waals surface area contributed by atoms with Crippen LogP contribution in [0.25, 0.3) is 0 Å². The molecular formula is C20H34O4. The lowest BCUT2D eigenvalue weighted by molar-refractivity contribution is -0.137. The van der Waals surface area contributed by atoms with Crippen LogP contribution in [0.4, 0.5) is 0 Å². The fourth-order valence-electron chi connectivity index (χ4n) is 3.36. The summed E-state index contributed by atoms with van der Waals surface area (Å²) in [6, 6.07) is 0. The van der Waals surface area contributed by atoms with Crippen LogP contribution in [0, 0.1) is 11.8 Å². The molecule has 0 saturated heterocycles. The van der Waals surface area contributed by atoms with Crippen molar-refractivity contribution in [3.05, 3.63) is 24.3 Å². The molecule has 0 bridgehead atoms. The summed E-state index contributed by atoms with van der Waals surface area (Å²) in [7, 11) is 0. The molecule has 0 heterocycles. The zero-order valence-electron chi connectivity index (χ0n) is 14.9. The van der Waals surface area contributed by atoms with Crippen molar-refractivity contribution in [2.24, 2.45) is 11.8 Å². The molecule has 0 amide bonds. The van der Waals surface area contributed by atoms with Gasteiger partial charge < -0.3 is 15.3 Å². The zero-order chi connectivity index (χ0) is 17.8. The number of aliphatic hydroxyl groups is 2. The number of allylic oxidation sites excluding steroid dienone is 3. The Labute approximate surface area is 146 Å². The van der Waals surface area contributed by atoms with E-state index in [4.69, 9.17) is 5.11 Å². The molecule has 4 nitrogen and oxygen atoms in total. The van der Waals surface area contributed by atoms with Crippen LogP contribution in [0.2, 0.25) is 0 Å². The van der Waals surface area contributed by atoms with Gasteiger partial charge in [-0.2, -0.15) is 0 Å². The Balaban J connectivity index is 2.35. The van der Waals surface area contributed by atoms with Crippen molar-refractivity contribution < 1.29 is 20.1 Å². The van der Waals surface area contributed by atoms with Crippen LogP contribution in [0.3, 0.4) is 0 Å². The van der Waals surface area contributed by atoms with Gasteiger partial charge in [0.25, 0.3) is 0 Å². The van der Waals surface area contributed by atoms with E-state index in [-0.39, 0.29) is 24.5 Å². The van der Waals surface area contributed by atoms with E-state index in [1.165, 1.54) is 0 Å². The third-order valence-corrected chi connectivity index (χ3v) is 4.86. The van der Waals surface area contributed by atoms with Crippen LogP contribution >= 0.6 is 0 Å². The normalized spacial score (nSPS) is 25.7. The lowest BCUT2D eigenvalue weighted by Crippen LogP contribution is -2.17. The van der Waals surface area contributed by atoms with Crippen molar-refractivity contribution in [3.8, 4) is 0 Å². The Morgan fingerprint density at radius 1 is 1.21 bits per heavy atom. The standard InChI is InChI=1S/C20H34O4/c1-2-3-6-9-17(21)14-12-16-13-15-19(22)18(16)10-7-4-5-8-11-20(23)24/h4,7,12,14,16-19,21-22H,2-3,5-6,8-11,13,15H2,1H3,(H,23,24)/b7-4-,14-12+/t16?,17?,18?,19-/m1/s1. The molecule has 24 heavy (non-hydrogen) atoms. The molecule has 1 fully saturated rings. The van der Waals surface area contributed by atoms with Crippen molar-refractivity contribution in [2.75, 3.05) is 0 Å². The smallest absolute Gasteiger partial charge is 0.303 e. The van der Waals surface area contributed by atoms with Crippen molar-refractivity contribution >= 4 is 5.97 Å². The third kappa shape index (κ3) is 8.65. The summed E-state index contributed by atoms with van der Waals surface area (Å²) >= 11 is 0. The van der Waals surface area contributed by atoms with Gasteiger partial charge in [0.2, 0.25) is 0 Å². The third-order valence-electron chi connectivity index (χ3n) is 4.86. The number of carbonyl (C=O) groups is 1. The fraction of sp³-hybridized carbons (Fsp3) is 0.750.